The van der Waals surface area contributed by atoms with Crippen LogP contribution in [-0.2, 0) is 17.6 Å². The van der Waals surface area contributed by atoms with Gasteiger partial charge >= 0.3 is 5.63 Å². The van der Waals surface area contributed by atoms with Crippen molar-refractivity contribution in [3.8, 4) is 5.75 Å². The van der Waals surface area contributed by atoms with Gasteiger partial charge in [-0.15, -0.1) is 0 Å². The number of ether oxygens (including phenoxy) is 1. The number of aliphatic carboxylic acids is 1. The molecule has 1 aliphatic rings. The molecule has 6 heteroatoms. The summed E-state index contributed by atoms with van der Waals surface area (Å²) >= 11 is 6.11. The molecule has 0 unspecified atom stereocenters. The Kier molecular flexibility index (Phi) is 3.59. The quantitative estimate of drug-likeness (QED) is 0.802. The minimum Gasteiger partial charge on any atom is -0.546 e. The highest BCUT2D eigenvalue weighted by Gasteiger charge is 2.19. The van der Waals surface area contributed by atoms with Crippen molar-refractivity contribution in [3.05, 3.63) is 38.7 Å². The zero-order valence-electron chi connectivity index (χ0n) is 11.1. The Morgan fingerprint density at radius 2 is 2.00 bits per heavy atom. The molecule has 0 aliphatic heterocycles. The third-order valence-electron chi connectivity index (χ3n) is 3.62. The molecular formula is C15H12ClO5-. The maximum Gasteiger partial charge on any atom is 0.339 e. The zero-order valence-corrected chi connectivity index (χ0v) is 11.9. The average Bonchev–Trinajstić information content (AvgIpc) is 2.46. The fraction of sp³-hybridized carbons (Fsp3) is 0.333. The number of carbonyl (C=O) groups is 1. The number of halogens is 1. The summed E-state index contributed by atoms with van der Waals surface area (Å²) in [5.41, 5.74) is 1.71. The Labute approximate surface area is 125 Å². The molecule has 0 radical (unpaired) electrons. The summed E-state index contributed by atoms with van der Waals surface area (Å²) < 4.78 is 10.3. The van der Waals surface area contributed by atoms with Gasteiger partial charge in [-0.05, 0) is 37.3 Å². The standard InChI is InChI=1S/C15H13ClO5/c16-11-5-10-8-3-1-2-4-9(8)15(19)21-12(10)6-13(11)20-7-14(17)18/h5-6H,1-4,7H2,(H,17,18)/p-1. The van der Waals surface area contributed by atoms with Crippen molar-refractivity contribution < 1.29 is 19.1 Å². The van der Waals surface area contributed by atoms with Crippen molar-refractivity contribution in [2.24, 2.45) is 0 Å². The van der Waals surface area contributed by atoms with Crippen molar-refractivity contribution >= 4 is 28.5 Å². The van der Waals surface area contributed by atoms with Gasteiger partial charge in [0, 0.05) is 17.0 Å². The van der Waals surface area contributed by atoms with Crippen molar-refractivity contribution in [1.82, 2.24) is 0 Å². The van der Waals surface area contributed by atoms with Crippen LogP contribution in [0.15, 0.2) is 21.3 Å². The molecule has 1 aliphatic carbocycles. The highest BCUT2D eigenvalue weighted by Crippen LogP contribution is 2.34. The molecule has 1 heterocycles. The van der Waals surface area contributed by atoms with Gasteiger partial charge in [-0.1, -0.05) is 11.6 Å². The number of hydrogen-bond donors (Lipinski definition) is 0. The highest BCUT2D eigenvalue weighted by atomic mass is 35.5. The molecule has 0 atom stereocenters. The normalized spacial score (nSPS) is 14.0. The minimum absolute atomic E-state index is 0.160. The molecule has 1 aromatic carbocycles. The SMILES string of the molecule is O=C([O-])COc1cc2oc(=O)c3c(c2cc1Cl)CCCC3. The van der Waals surface area contributed by atoms with E-state index >= 15 is 0 Å². The summed E-state index contributed by atoms with van der Waals surface area (Å²) in [6.07, 6.45) is 3.52. The first-order valence-corrected chi connectivity index (χ1v) is 7.05. The van der Waals surface area contributed by atoms with E-state index in [1.54, 1.807) is 6.07 Å². The van der Waals surface area contributed by atoms with Crippen LogP contribution in [0, 0.1) is 0 Å². The summed E-state index contributed by atoms with van der Waals surface area (Å²) in [4.78, 5) is 22.4. The van der Waals surface area contributed by atoms with Crippen LogP contribution < -0.4 is 15.5 Å². The summed E-state index contributed by atoms with van der Waals surface area (Å²) in [6.45, 7) is -0.611. The first-order chi connectivity index (χ1) is 10.1. The fourth-order valence-corrected chi connectivity index (χ4v) is 2.91. The van der Waals surface area contributed by atoms with Gasteiger partial charge in [0.15, 0.2) is 0 Å². The molecule has 0 saturated carbocycles. The van der Waals surface area contributed by atoms with Gasteiger partial charge in [0.2, 0.25) is 0 Å². The van der Waals surface area contributed by atoms with Crippen molar-refractivity contribution in [1.29, 1.82) is 0 Å². The van der Waals surface area contributed by atoms with E-state index in [0.29, 0.717) is 17.6 Å². The van der Waals surface area contributed by atoms with E-state index in [1.165, 1.54) is 6.07 Å². The number of carboxylic acid groups (broad SMARTS) is 1. The number of carboxylic acids is 1. The summed E-state index contributed by atoms with van der Waals surface area (Å²) in [7, 11) is 0. The van der Waals surface area contributed by atoms with Crippen molar-refractivity contribution in [3.63, 3.8) is 0 Å². The van der Waals surface area contributed by atoms with Gasteiger partial charge in [0.1, 0.15) is 17.9 Å². The largest absolute Gasteiger partial charge is 0.546 e. The molecule has 0 amide bonds. The average molecular weight is 308 g/mol. The maximum absolute atomic E-state index is 12.0. The summed E-state index contributed by atoms with van der Waals surface area (Å²) in [6, 6.07) is 3.12. The summed E-state index contributed by atoms with van der Waals surface area (Å²) in [5, 5.41) is 11.5. The first kappa shape index (κ1) is 13.9. The lowest BCUT2D eigenvalue weighted by Gasteiger charge is -2.17. The molecular weight excluding hydrogens is 296 g/mol. The number of aryl methyl sites for hydroxylation is 1. The Balaban J connectivity index is 2.14. The van der Waals surface area contributed by atoms with Crippen LogP contribution in [0.25, 0.3) is 11.0 Å². The molecule has 0 fully saturated rings. The number of fused-ring (bicyclic) bond motifs is 3. The van der Waals surface area contributed by atoms with E-state index in [2.05, 4.69) is 0 Å². The molecule has 110 valence electrons. The van der Waals surface area contributed by atoms with E-state index in [4.69, 9.17) is 20.8 Å². The van der Waals surface area contributed by atoms with E-state index < -0.39 is 12.6 Å². The van der Waals surface area contributed by atoms with Crippen LogP contribution in [0.3, 0.4) is 0 Å². The van der Waals surface area contributed by atoms with E-state index in [9.17, 15) is 14.7 Å². The third-order valence-corrected chi connectivity index (χ3v) is 3.92. The number of benzene rings is 1. The smallest absolute Gasteiger partial charge is 0.339 e. The number of carbonyl (C=O) groups excluding carboxylic acids is 1. The van der Waals surface area contributed by atoms with E-state index in [-0.39, 0.29) is 16.4 Å². The van der Waals surface area contributed by atoms with Gasteiger partial charge < -0.3 is 19.1 Å². The number of hydrogen-bond acceptors (Lipinski definition) is 5. The maximum atomic E-state index is 12.0. The lowest BCUT2D eigenvalue weighted by Crippen LogP contribution is -2.29. The molecule has 0 saturated heterocycles. The molecule has 21 heavy (non-hydrogen) atoms. The number of rotatable bonds is 3. The molecule has 0 bridgehead atoms. The Hall–Kier alpha value is -2.01. The molecule has 3 rings (SSSR count). The molecule has 2 aromatic rings. The minimum atomic E-state index is -1.35. The predicted octanol–water partition coefficient (Wildman–Crippen LogP) is 1.45. The first-order valence-electron chi connectivity index (χ1n) is 6.67. The van der Waals surface area contributed by atoms with Crippen molar-refractivity contribution in [2.45, 2.75) is 25.7 Å². The van der Waals surface area contributed by atoms with Gasteiger partial charge in [0.05, 0.1) is 11.0 Å². The second-order valence-corrected chi connectivity index (χ2v) is 5.40. The summed E-state index contributed by atoms with van der Waals surface area (Å²) in [5.74, 6) is -1.19. The fourth-order valence-electron chi connectivity index (χ4n) is 2.69. The van der Waals surface area contributed by atoms with Crippen LogP contribution in [-0.4, -0.2) is 12.6 Å². The van der Waals surface area contributed by atoms with Crippen LogP contribution >= 0.6 is 11.6 Å². The lowest BCUT2D eigenvalue weighted by atomic mass is 9.91. The Bertz CT molecular complexity index is 778. The Morgan fingerprint density at radius 3 is 2.71 bits per heavy atom. The third kappa shape index (κ3) is 2.61. The van der Waals surface area contributed by atoms with E-state index in [1.807, 2.05) is 0 Å². The monoisotopic (exact) mass is 307 g/mol. The second-order valence-electron chi connectivity index (χ2n) is 4.99. The van der Waals surface area contributed by atoms with Gasteiger partial charge in [-0.2, -0.15) is 0 Å². The van der Waals surface area contributed by atoms with Crippen molar-refractivity contribution in [2.75, 3.05) is 6.61 Å². The van der Waals surface area contributed by atoms with Gasteiger partial charge in [-0.25, -0.2) is 4.79 Å². The second kappa shape index (κ2) is 5.41. The van der Waals surface area contributed by atoms with Crippen LogP contribution in [0.5, 0.6) is 5.75 Å². The van der Waals surface area contributed by atoms with Crippen LogP contribution in [0.4, 0.5) is 0 Å². The molecule has 0 spiro atoms. The Morgan fingerprint density at radius 1 is 1.29 bits per heavy atom. The molecule has 0 N–H and O–H groups in total. The molecule has 1 aromatic heterocycles. The van der Waals surface area contributed by atoms with E-state index in [0.717, 1.165) is 30.2 Å². The lowest BCUT2D eigenvalue weighted by molar-refractivity contribution is -0.307. The zero-order chi connectivity index (χ0) is 15.0. The molecule has 5 nitrogen and oxygen atoms in total. The van der Waals surface area contributed by atoms with Gasteiger partial charge in [-0.3, -0.25) is 0 Å². The predicted molar refractivity (Wildman–Crippen MR) is 74.6 cm³/mol. The topological polar surface area (TPSA) is 79.6 Å². The highest BCUT2D eigenvalue weighted by molar-refractivity contribution is 6.32. The van der Waals surface area contributed by atoms with Crippen LogP contribution in [0.2, 0.25) is 5.02 Å². The van der Waals surface area contributed by atoms with Gasteiger partial charge in [0.25, 0.3) is 0 Å². The van der Waals surface area contributed by atoms with Crippen LogP contribution in [0.1, 0.15) is 24.0 Å².